The Balaban J connectivity index is 2.05. The van der Waals surface area contributed by atoms with Crippen molar-refractivity contribution in [2.75, 3.05) is 23.7 Å². The number of hydrogen-bond acceptors (Lipinski definition) is 4. The zero-order valence-electron chi connectivity index (χ0n) is 22.8. The Hall–Kier alpha value is -3.36. The third-order valence-electron chi connectivity index (χ3n) is 6.29. The molecule has 0 saturated carbocycles. The van der Waals surface area contributed by atoms with Gasteiger partial charge in [0, 0.05) is 24.5 Å². The molecule has 3 rings (SSSR count). The molecule has 208 valence electrons. The summed E-state index contributed by atoms with van der Waals surface area (Å²) in [6.45, 7) is 5.89. The summed E-state index contributed by atoms with van der Waals surface area (Å²) in [5, 5.41) is 3.52. The lowest BCUT2D eigenvalue weighted by Gasteiger charge is -2.34. The second-order valence-corrected chi connectivity index (χ2v) is 12.4. The quantitative estimate of drug-likeness (QED) is 0.338. The van der Waals surface area contributed by atoms with Gasteiger partial charge in [-0.3, -0.25) is 13.9 Å². The molecule has 3 aromatic rings. The largest absolute Gasteiger partial charge is 0.354 e. The van der Waals surface area contributed by atoms with Crippen molar-refractivity contribution >= 4 is 39.1 Å². The number of benzene rings is 3. The first-order valence-electron chi connectivity index (χ1n) is 12.8. The van der Waals surface area contributed by atoms with Crippen LogP contribution in [0.5, 0.6) is 0 Å². The maximum absolute atomic E-state index is 14.0. The molecule has 0 aliphatic heterocycles. The van der Waals surface area contributed by atoms with E-state index in [1.54, 1.807) is 49.4 Å². The van der Waals surface area contributed by atoms with E-state index in [0.717, 1.165) is 27.3 Å². The maximum atomic E-state index is 14.0. The van der Waals surface area contributed by atoms with Crippen molar-refractivity contribution in [2.45, 2.75) is 39.8 Å². The van der Waals surface area contributed by atoms with E-state index in [0.29, 0.717) is 17.3 Å². The lowest BCUT2D eigenvalue weighted by atomic mass is 10.0. The summed E-state index contributed by atoms with van der Waals surface area (Å²) in [7, 11) is -3.81. The van der Waals surface area contributed by atoms with Gasteiger partial charge < -0.3 is 10.2 Å². The Morgan fingerprint density at radius 1 is 0.897 bits per heavy atom. The standard InChI is InChI=1S/C30H36ClN3O4S/c1-22(2)19-32-30(36)28(18-24-11-6-5-7-12-24)33(20-25-14-16-26(31)17-15-25)29(35)21-34(39(4,37)38)27-13-9-8-10-23(27)3/h5-17,22,28H,18-21H2,1-4H3,(H,32,36)/t28-/m1/s1. The van der Waals surface area contributed by atoms with E-state index in [-0.39, 0.29) is 24.8 Å². The molecule has 0 aromatic heterocycles. The molecule has 0 bridgehead atoms. The zero-order chi connectivity index (χ0) is 28.6. The molecule has 1 atom stereocenters. The molecule has 3 aromatic carbocycles. The van der Waals surface area contributed by atoms with Gasteiger partial charge in [0.2, 0.25) is 21.8 Å². The monoisotopic (exact) mass is 569 g/mol. The number of rotatable bonds is 12. The molecule has 7 nitrogen and oxygen atoms in total. The van der Waals surface area contributed by atoms with Gasteiger partial charge in [0.1, 0.15) is 12.6 Å². The van der Waals surface area contributed by atoms with Crippen molar-refractivity contribution < 1.29 is 18.0 Å². The van der Waals surface area contributed by atoms with Crippen LogP contribution in [0, 0.1) is 12.8 Å². The zero-order valence-corrected chi connectivity index (χ0v) is 24.4. The van der Waals surface area contributed by atoms with E-state index in [4.69, 9.17) is 11.6 Å². The van der Waals surface area contributed by atoms with Crippen molar-refractivity contribution in [3.63, 3.8) is 0 Å². The minimum Gasteiger partial charge on any atom is -0.354 e. The number of amides is 2. The van der Waals surface area contributed by atoms with Crippen LogP contribution in [0.15, 0.2) is 78.9 Å². The van der Waals surface area contributed by atoms with E-state index in [1.165, 1.54) is 4.90 Å². The summed E-state index contributed by atoms with van der Waals surface area (Å²) < 4.78 is 26.8. The smallest absolute Gasteiger partial charge is 0.244 e. The highest BCUT2D eigenvalue weighted by atomic mass is 35.5. The molecule has 0 unspecified atom stereocenters. The van der Waals surface area contributed by atoms with Crippen LogP contribution in [0.1, 0.15) is 30.5 Å². The Labute approximate surface area is 236 Å². The van der Waals surface area contributed by atoms with E-state index in [2.05, 4.69) is 5.32 Å². The molecule has 0 aliphatic carbocycles. The molecule has 0 fully saturated rings. The van der Waals surface area contributed by atoms with Crippen molar-refractivity contribution in [3.05, 3.63) is 101 Å². The van der Waals surface area contributed by atoms with Crippen LogP contribution in [-0.2, 0) is 32.6 Å². The number of halogens is 1. The molecule has 1 N–H and O–H groups in total. The molecule has 2 amide bonds. The number of nitrogens with zero attached hydrogens (tertiary/aromatic N) is 2. The first kappa shape index (κ1) is 30.2. The Bertz CT molecular complexity index is 1360. The van der Waals surface area contributed by atoms with Gasteiger partial charge in [0.15, 0.2) is 0 Å². The number of aryl methyl sites for hydroxylation is 1. The summed E-state index contributed by atoms with van der Waals surface area (Å²) >= 11 is 6.09. The van der Waals surface area contributed by atoms with Gasteiger partial charge in [-0.25, -0.2) is 8.42 Å². The molecule has 0 heterocycles. The predicted molar refractivity (Wildman–Crippen MR) is 157 cm³/mol. The van der Waals surface area contributed by atoms with E-state index >= 15 is 0 Å². The number of carbonyl (C=O) groups is 2. The van der Waals surface area contributed by atoms with Crippen LogP contribution < -0.4 is 9.62 Å². The van der Waals surface area contributed by atoms with Crippen LogP contribution in [0.3, 0.4) is 0 Å². The van der Waals surface area contributed by atoms with Crippen LogP contribution in [0.4, 0.5) is 5.69 Å². The molecule has 9 heteroatoms. The number of nitrogens with one attached hydrogen (secondary N) is 1. The Kier molecular flexibility index (Phi) is 10.5. The van der Waals surface area contributed by atoms with Gasteiger partial charge >= 0.3 is 0 Å². The third-order valence-corrected chi connectivity index (χ3v) is 7.66. The number of anilines is 1. The molecule has 0 spiro atoms. The number of carbonyl (C=O) groups excluding carboxylic acids is 2. The minimum atomic E-state index is -3.81. The predicted octanol–water partition coefficient (Wildman–Crippen LogP) is 4.83. The Morgan fingerprint density at radius 2 is 1.51 bits per heavy atom. The number of sulfonamides is 1. The summed E-state index contributed by atoms with van der Waals surface area (Å²) in [4.78, 5) is 29.1. The average molecular weight is 570 g/mol. The van der Waals surface area contributed by atoms with Gasteiger partial charge in [-0.2, -0.15) is 0 Å². The van der Waals surface area contributed by atoms with Gasteiger partial charge in [0.25, 0.3) is 0 Å². The topological polar surface area (TPSA) is 86.8 Å². The van der Waals surface area contributed by atoms with Crippen LogP contribution in [-0.4, -0.2) is 50.5 Å². The van der Waals surface area contributed by atoms with E-state index < -0.39 is 28.5 Å². The van der Waals surface area contributed by atoms with Gasteiger partial charge in [-0.15, -0.1) is 0 Å². The van der Waals surface area contributed by atoms with Crippen molar-refractivity contribution in [2.24, 2.45) is 5.92 Å². The SMILES string of the molecule is Cc1ccccc1N(CC(=O)N(Cc1ccc(Cl)cc1)[C@H](Cc1ccccc1)C(=O)NCC(C)C)S(C)(=O)=O. The average Bonchev–Trinajstić information content (AvgIpc) is 2.89. The molecule has 0 saturated heterocycles. The maximum Gasteiger partial charge on any atom is 0.244 e. The second-order valence-electron chi connectivity index (χ2n) is 10.0. The summed E-state index contributed by atoms with van der Waals surface area (Å²) in [6, 6.07) is 22.6. The molecular formula is C30H36ClN3O4S. The first-order chi connectivity index (χ1) is 18.5. The van der Waals surface area contributed by atoms with E-state index in [1.807, 2.05) is 50.2 Å². The highest BCUT2D eigenvalue weighted by Crippen LogP contribution is 2.23. The van der Waals surface area contributed by atoms with Crippen molar-refractivity contribution in [1.82, 2.24) is 10.2 Å². The number of para-hydroxylation sites is 1. The van der Waals surface area contributed by atoms with Crippen LogP contribution in [0.2, 0.25) is 5.02 Å². The third kappa shape index (κ3) is 8.83. The number of hydrogen-bond donors (Lipinski definition) is 1. The fraction of sp³-hybridized carbons (Fsp3) is 0.333. The van der Waals surface area contributed by atoms with E-state index in [9.17, 15) is 18.0 Å². The second kappa shape index (κ2) is 13.6. The molecule has 0 radical (unpaired) electrons. The van der Waals surface area contributed by atoms with Gasteiger partial charge in [-0.1, -0.05) is 86.1 Å². The highest BCUT2D eigenvalue weighted by Gasteiger charge is 2.33. The van der Waals surface area contributed by atoms with Crippen molar-refractivity contribution in [1.29, 1.82) is 0 Å². The summed E-state index contributed by atoms with van der Waals surface area (Å²) in [5.41, 5.74) is 2.79. The lowest BCUT2D eigenvalue weighted by Crippen LogP contribution is -2.53. The summed E-state index contributed by atoms with van der Waals surface area (Å²) in [5.74, 6) is -0.565. The normalized spacial score (nSPS) is 12.2. The van der Waals surface area contributed by atoms with Crippen molar-refractivity contribution in [3.8, 4) is 0 Å². The first-order valence-corrected chi connectivity index (χ1v) is 15.1. The van der Waals surface area contributed by atoms with Gasteiger partial charge in [-0.05, 0) is 47.7 Å². The van der Waals surface area contributed by atoms with Gasteiger partial charge in [0.05, 0.1) is 11.9 Å². The lowest BCUT2D eigenvalue weighted by molar-refractivity contribution is -0.140. The molecule has 0 aliphatic rings. The minimum absolute atomic E-state index is 0.105. The fourth-order valence-electron chi connectivity index (χ4n) is 4.20. The molecular weight excluding hydrogens is 534 g/mol. The molecule has 39 heavy (non-hydrogen) atoms. The summed E-state index contributed by atoms with van der Waals surface area (Å²) in [6.07, 6.45) is 1.35. The highest BCUT2D eigenvalue weighted by molar-refractivity contribution is 7.92. The van der Waals surface area contributed by atoms with Crippen LogP contribution >= 0.6 is 11.6 Å². The fourth-order valence-corrected chi connectivity index (χ4v) is 5.23. The van der Waals surface area contributed by atoms with Crippen LogP contribution in [0.25, 0.3) is 0 Å². The Morgan fingerprint density at radius 3 is 2.10 bits per heavy atom.